The zero-order valence-electron chi connectivity index (χ0n) is 29.0. The molecule has 2 N–H and O–H groups in total. The molecule has 3 heterocycles. The molecule has 3 fully saturated rings. The van der Waals surface area contributed by atoms with Crippen LogP contribution in [0.2, 0.25) is 0 Å². The molecule has 260 valence electrons. The predicted molar refractivity (Wildman–Crippen MR) is 189 cm³/mol. The third-order valence-corrected chi connectivity index (χ3v) is 9.77. The van der Waals surface area contributed by atoms with E-state index in [4.69, 9.17) is 4.74 Å². The average Bonchev–Trinajstić information content (AvgIpc) is 3.79. The molecule has 2 saturated heterocycles. The summed E-state index contributed by atoms with van der Waals surface area (Å²) in [6.45, 7) is 8.57. The van der Waals surface area contributed by atoms with Crippen molar-refractivity contribution in [3.63, 3.8) is 0 Å². The van der Waals surface area contributed by atoms with Gasteiger partial charge in [0.25, 0.3) is 5.91 Å². The summed E-state index contributed by atoms with van der Waals surface area (Å²) in [7, 11) is 3.87. The highest BCUT2D eigenvalue weighted by atomic mass is 19.1. The molecule has 10 nitrogen and oxygen atoms in total. The van der Waals surface area contributed by atoms with Crippen molar-refractivity contribution in [2.45, 2.75) is 63.8 Å². The summed E-state index contributed by atoms with van der Waals surface area (Å²) < 4.78 is 19.5. The molecule has 49 heavy (non-hydrogen) atoms. The summed E-state index contributed by atoms with van der Waals surface area (Å²) in [4.78, 5) is 50.6. The fourth-order valence-electron chi connectivity index (χ4n) is 6.73. The van der Waals surface area contributed by atoms with E-state index in [2.05, 4.69) is 64.7 Å². The topological polar surface area (TPSA) is 107 Å². The number of hydrogen-bond donors (Lipinski definition) is 2. The smallest absolute Gasteiger partial charge is 0.270 e. The molecule has 1 aliphatic carbocycles. The van der Waals surface area contributed by atoms with E-state index in [-0.39, 0.29) is 47.6 Å². The Labute approximate surface area is 287 Å². The van der Waals surface area contributed by atoms with Crippen LogP contribution in [-0.4, -0.2) is 97.1 Å². The van der Waals surface area contributed by atoms with E-state index in [0.29, 0.717) is 36.4 Å². The lowest BCUT2D eigenvalue weighted by Gasteiger charge is -2.39. The third kappa shape index (κ3) is 8.28. The Bertz CT molecular complexity index is 1760. The number of amides is 3. The van der Waals surface area contributed by atoms with Gasteiger partial charge in [0.15, 0.2) is 0 Å². The van der Waals surface area contributed by atoms with E-state index in [1.54, 1.807) is 11.0 Å². The SMILES string of the molecule is C[C@H](NC(=O)[C@@H]1C[C@@H](N(C)C)CN1C(=O)CNC(=O)c1ccc2cc(F)ccc2n1)c1ccc(N2CCOC(C)(C)C2)cc1/C=C/C1CC1. The Balaban J connectivity index is 1.14. The van der Waals surface area contributed by atoms with Crippen molar-refractivity contribution >= 4 is 40.4 Å². The van der Waals surface area contributed by atoms with Crippen LogP contribution in [0.15, 0.2) is 54.6 Å². The Hall–Kier alpha value is -4.35. The molecule has 3 aliphatic rings. The van der Waals surface area contributed by atoms with Gasteiger partial charge in [0, 0.05) is 36.7 Å². The first-order chi connectivity index (χ1) is 23.4. The number of ether oxygens (including phenoxy) is 1. The number of aromatic nitrogens is 1. The number of likely N-dealkylation sites (N-methyl/N-ethyl adjacent to an activating group) is 1. The van der Waals surface area contributed by atoms with Gasteiger partial charge in [0.05, 0.1) is 30.3 Å². The van der Waals surface area contributed by atoms with Gasteiger partial charge in [0.1, 0.15) is 17.6 Å². The number of carbonyl (C=O) groups is 3. The van der Waals surface area contributed by atoms with Crippen molar-refractivity contribution in [3.8, 4) is 0 Å². The van der Waals surface area contributed by atoms with Gasteiger partial charge in [-0.25, -0.2) is 9.37 Å². The number of allylic oxidation sites excluding steroid dienone is 1. The molecular formula is C38H47FN6O4. The standard InChI is InChI=1S/C38H47FN6O4/c1-24(31-13-12-29(19-26(31)9-8-25-6-7-25)44-16-17-49-38(2,3)23-44)41-37(48)34-20-30(43(4)5)22-45(34)35(46)21-40-36(47)33-14-10-27-18-28(39)11-15-32(27)42-33/h8-15,18-19,24-25,30,34H,6-7,16-17,20-23H2,1-5H3,(H,40,47)(H,41,48)/b9-8+/t24-,30+,34-/m0/s1. The van der Waals surface area contributed by atoms with Crippen LogP contribution < -0.4 is 15.5 Å². The normalized spacial score (nSPS) is 21.4. The number of rotatable bonds is 10. The summed E-state index contributed by atoms with van der Waals surface area (Å²) in [6.07, 6.45) is 7.34. The molecule has 1 saturated carbocycles. The number of likely N-dealkylation sites (tertiary alicyclic amines) is 1. The van der Waals surface area contributed by atoms with Crippen LogP contribution in [-0.2, 0) is 14.3 Å². The summed E-state index contributed by atoms with van der Waals surface area (Å²) in [5.74, 6) is -0.876. The minimum absolute atomic E-state index is 0.0117. The van der Waals surface area contributed by atoms with Crippen LogP contribution in [0, 0.1) is 11.7 Å². The van der Waals surface area contributed by atoms with Crippen molar-refractivity contribution < 1.29 is 23.5 Å². The van der Waals surface area contributed by atoms with Crippen LogP contribution in [0.5, 0.6) is 0 Å². The zero-order valence-corrected chi connectivity index (χ0v) is 29.0. The third-order valence-electron chi connectivity index (χ3n) is 9.77. The van der Waals surface area contributed by atoms with Gasteiger partial charge in [0.2, 0.25) is 11.8 Å². The molecule has 11 heteroatoms. The van der Waals surface area contributed by atoms with Gasteiger partial charge < -0.3 is 30.1 Å². The van der Waals surface area contributed by atoms with Crippen LogP contribution in [0.4, 0.5) is 10.1 Å². The number of benzene rings is 2. The number of morpholine rings is 1. The molecule has 3 amide bonds. The lowest BCUT2D eigenvalue weighted by atomic mass is 9.98. The zero-order chi connectivity index (χ0) is 34.9. The van der Waals surface area contributed by atoms with Crippen molar-refractivity contribution in [1.29, 1.82) is 0 Å². The van der Waals surface area contributed by atoms with E-state index in [9.17, 15) is 18.8 Å². The lowest BCUT2D eigenvalue weighted by molar-refractivity contribution is -0.138. The van der Waals surface area contributed by atoms with Crippen LogP contribution in [0.3, 0.4) is 0 Å². The number of halogens is 1. The number of nitrogens with zero attached hydrogens (tertiary/aromatic N) is 4. The number of carbonyl (C=O) groups excluding carboxylic acids is 3. The molecule has 6 rings (SSSR count). The summed E-state index contributed by atoms with van der Waals surface area (Å²) >= 11 is 0. The van der Waals surface area contributed by atoms with Gasteiger partial charge >= 0.3 is 0 Å². The molecule has 0 unspecified atom stereocenters. The first kappa shape index (κ1) is 34.5. The second-order valence-electron chi connectivity index (χ2n) is 14.4. The maximum absolute atomic E-state index is 13.9. The number of pyridine rings is 1. The maximum atomic E-state index is 13.9. The lowest BCUT2D eigenvalue weighted by Crippen LogP contribution is -2.49. The molecule has 0 bridgehead atoms. The van der Waals surface area contributed by atoms with Gasteiger partial charge in [-0.2, -0.15) is 0 Å². The highest BCUT2D eigenvalue weighted by Gasteiger charge is 2.41. The molecule has 2 aliphatic heterocycles. The molecular weight excluding hydrogens is 623 g/mol. The van der Waals surface area contributed by atoms with E-state index in [1.165, 1.54) is 37.1 Å². The molecule has 2 aromatic carbocycles. The summed E-state index contributed by atoms with van der Waals surface area (Å²) in [5, 5.41) is 6.45. The van der Waals surface area contributed by atoms with Crippen LogP contribution in [0.25, 0.3) is 17.0 Å². The fourth-order valence-corrected chi connectivity index (χ4v) is 6.73. The fraction of sp³-hybridized carbons (Fsp3) is 0.474. The second-order valence-corrected chi connectivity index (χ2v) is 14.4. The first-order valence-corrected chi connectivity index (χ1v) is 17.2. The quantitative estimate of drug-likeness (QED) is 0.326. The highest BCUT2D eigenvalue weighted by molar-refractivity contribution is 5.97. The summed E-state index contributed by atoms with van der Waals surface area (Å²) in [5.41, 5.74) is 3.59. The molecule has 3 aromatic rings. The monoisotopic (exact) mass is 670 g/mol. The molecule has 0 spiro atoms. The molecule has 3 atom stereocenters. The second kappa shape index (κ2) is 14.2. The highest BCUT2D eigenvalue weighted by Crippen LogP contribution is 2.33. The van der Waals surface area contributed by atoms with Crippen molar-refractivity contribution in [2.75, 3.05) is 51.8 Å². The summed E-state index contributed by atoms with van der Waals surface area (Å²) in [6, 6.07) is 12.7. The van der Waals surface area contributed by atoms with Gasteiger partial charge in [-0.1, -0.05) is 24.3 Å². The maximum Gasteiger partial charge on any atom is 0.270 e. The van der Waals surface area contributed by atoms with Crippen LogP contribution in [0.1, 0.15) is 67.7 Å². The minimum atomic E-state index is -0.687. The number of anilines is 1. The predicted octanol–water partition coefficient (Wildman–Crippen LogP) is 4.55. The average molecular weight is 671 g/mol. The molecule has 0 radical (unpaired) electrons. The Morgan fingerprint density at radius 1 is 1.12 bits per heavy atom. The van der Waals surface area contributed by atoms with E-state index >= 15 is 0 Å². The Morgan fingerprint density at radius 3 is 2.65 bits per heavy atom. The van der Waals surface area contributed by atoms with E-state index in [1.807, 2.05) is 25.9 Å². The van der Waals surface area contributed by atoms with Gasteiger partial charge in [-0.05, 0) is 108 Å². The van der Waals surface area contributed by atoms with Crippen molar-refractivity contribution in [2.24, 2.45) is 5.92 Å². The van der Waals surface area contributed by atoms with Gasteiger partial charge in [-0.3, -0.25) is 14.4 Å². The number of fused-ring (bicyclic) bond motifs is 1. The first-order valence-electron chi connectivity index (χ1n) is 17.2. The number of nitrogens with one attached hydrogen (secondary N) is 2. The largest absolute Gasteiger partial charge is 0.372 e. The molecule has 1 aromatic heterocycles. The minimum Gasteiger partial charge on any atom is -0.372 e. The van der Waals surface area contributed by atoms with Crippen LogP contribution >= 0.6 is 0 Å². The number of hydrogen-bond acceptors (Lipinski definition) is 7. The Kier molecular flexibility index (Phi) is 10.0. The van der Waals surface area contributed by atoms with Crippen molar-refractivity contribution in [3.05, 3.63) is 77.2 Å². The van der Waals surface area contributed by atoms with Crippen molar-refractivity contribution in [1.82, 2.24) is 25.4 Å². The van der Waals surface area contributed by atoms with Gasteiger partial charge in [-0.15, -0.1) is 0 Å². The Morgan fingerprint density at radius 2 is 1.92 bits per heavy atom. The van der Waals surface area contributed by atoms with E-state index < -0.39 is 11.9 Å². The van der Waals surface area contributed by atoms with E-state index in [0.717, 1.165) is 29.9 Å².